The number of nitrogens with zero attached hydrogens (tertiary/aromatic N) is 5. The van der Waals surface area contributed by atoms with Crippen molar-refractivity contribution in [1.82, 2.24) is 29.2 Å². The molecule has 4 aromatic rings. The van der Waals surface area contributed by atoms with Crippen molar-refractivity contribution in [3.63, 3.8) is 0 Å². The summed E-state index contributed by atoms with van der Waals surface area (Å²) in [5.74, 6) is 2.19. The Morgan fingerprint density at radius 3 is 2.81 bits per heavy atom. The fraction of sp³-hybridized carbons (Fsp3) is 0.424. The minimum Gasteiger partial charge on any atom is -0.489 e. The van der Waals surface area contributed by atoms with Crippen molar-refractivity contribution in [3.05, 3.63) is 60.2 Å². The van der Waals surface area contributed by atoms with Crippen molar-refractivity contribution < 1.29 is 14.3 Å². The predicted molar refractivity (Wildman–Crippen MR) is 164 cm³/mol. The standard InChI is InChI=1S/C33H38N6O3/c1-36(2)13-6-10-30(40)34-25-8-5-14-37(21-25)33(41)24-17-26-31-29(19-24)42-16-15-38(31)32(35-26)28-18-23-7-3-4-9-27(23)39(28)20-22-11-12-22/h3-4,6-7,9-10,17-19,22,25H,5,8,11-16,20-21H2,1-2H3,(H,34,40)/b10-6+. The number of piperidine rings is 1. The van der Waals surface area contributed by atoms with Gasteiger partial charge in [-0.25, -0.2) is 4.98 Å². The van der Waals surface area contributed by atoms with E-state index in [9.17, 15) is 9.59 Å². The maximum atomic E-state index is 13.8. The van der Waals surface area contributed by atoms with Crippen LogP contribution in [0.4, 0.5) is 0 Å². The zero-order valence-electron chi connectivity index (χ0n) is 24.4. The number of fused-ring (bicyclic) bond motifs is 1. The molecule has 9 heteroatoms. The molecular weight excluding hydrogens is 528 g/mol. The molecule has 0 radical (unpaired) electrons. The lowest BCUT2D eigenvalue weighted by Crippen LogP contribution is -2.49. The van der Waals surface area contributed by atoms with Gasteiger partial charge in [0.2, 0.25) is 5.91 Å². The van der Waals surface area contributed by atoms with E-state index in [1.807, 2.05) is 42.1 Å². The topological polar surface area (TPSA) is 84.6 Å². The van der Waals surface area contributed by atoms with E-state index in [1.165, 1.54) is 23.7 Å². The molecule has 1 saturated heterocycles. The molecule has 2 aromatic heterocycles. The van der Waals surface area contributed by atoms with Gasteiger partial charge in [-0.3, -0.25) is 9.59 Å². The summed E-state index contributed by atoms with van der Waals surface area (Å²) in [6, 6.07) is 14.5. The Morgan fingerprint density at radius 1 is 1.12 bits per heavy atom. The molecule has 4 heterocycles. The summed E-state index contributed by atoms with van der Waals surface area (Å²) in [4.78, 5) is 35.2. The van der Waals surface area contributed by atoms with Crippen LogP contribution >= 0.6 is 0 Å². The first-order valence-electron chi connectivity index (χ1n) is 15.1. The quantitative estimate of drug-likeness (QED) is 0.322. The smallest absolute Gasteiger partial charge is 0.254 e. The molecule has 1 unspecified atom stereocenters. The average Bonchev–Trinajstić information content (AvgIpc) is 3.63. The highest BCUT2D eigenvalue weighted by atomic mass is 16.5. The number of ether oxygens (including phenoxy) is 1. The Labute approximate surface area is 245 Å². The van der Waals surface area contributed by atoms with Crippen LogP contribution in [-0.4, -0.2) is 82.1 Å². The lowest BCUT2D eigenvalue weighted by atomic mass is 10.0. The Morgan fingerprint density at radius 2 is 1.98 bits per heavy atom. The van der Waals surface area contributed by atoms with E-state index in [2.05, 4.69) is 44.8 Å². The fourth-order valence-corrected chi connectivity index (χ4v) is 6.36. The number of para-hydroxylation sites is 1. The summed E-state index contributed by atoms with van der Waals surface area (Å²) in [5.41, 5.74) is 4.66. The molecule has 3 aliphatic rings. The van der Waals surface area contributed by atoms with E-state index in [0.29, 0.717) is 44.1 Å². The Bertz CT molecular complexity index is 1690. The summed E-state index contributed by atoms with van der Waals surface area (Å²) in [7, 11) is 3.92. The highest BCUT2D eigenvalue weighted by Gasteiger charge is 2.30. The van der Waals surface area contributed by atoms with Gasteiger partial charge in [-0.15, -0.1) is 0 Å². The van der Waals surface area contributed by atoms with Crippen LogP contribution in [-0.2, 0) is 17.9 Å². The third kappa shape index (κ3) is 5.17. The first-order valence-corrected chi connectivity index (χ1v) is 15.1. The number of hydrogen-bond donors (Lipinski definition) is 1. The zero-order chi connectivity index (χ0) is 28.8. The highest BCUT2D eigenvalue weighted by Crippen LogP contribution is 2.39. The van der Waals surface area contributed by atoms with Gasteiger partial charge < -0.3 is 29.0 Å². The predicted octanol–water partition coefficient (Wildman–Crippen LogP) is 4.30. The number of nitrogens with one attached hydrogen (secondary N) is 1. The van der Waals surface area contributed by atoms with Gasteiger partial charge in [-0.2, -0.15) is 0 Å². The second kappa shape index (κ2) is 10.9. The maximum absolute atomic E-state index is 13.8. The van der Waals surface area contributed by atoms with Gasteiger partial charge in [0.05, 0.1) is 17.8 Å². The maximum Gasteiger partial charge on any atom is 0.254 e. The molecule has 0 bridgehead atoms. The fourth-order valence-electron chi connectivity index (χ4n) is 6.36. The van der Waals surface area contributed by atoms with Gasteiger partial charge in [-0.1, -0.05) is 24.3 Å². The SMILES string of the molecule is CN(C)C/C=C/C(=O)NC1CCCN(C(=O)c2cc3c4c(c2)nc(-c2cc5ccccc5n2CC2CC2)n4CCO3)C1. The largest absolute Gasteiger partial charge is 0.489 e. The molecular formula is C33H38N6O3. The van der Waals surface area contributed by atoms with Crippen LogP contribution in [0.25, 0.3) is 33.5 Å². The number of amides is 2. The number of hydrogen-bond acceptors (Lipinski definition) is 5. The van der Waals surface area contributed by atoms with Crippen molar-refractivity contribution in [2.45, 2.75) is 44.8 Å². The Hall–Kier alpha value is -4.11. The number of aromatic nitrogens is 3. The number of likely N-dealkylation sites (tertiary alicyclic amines) is 1. The van der Waals surface area contributed by atoms with E-state index in [0.717, 1.165) is 47.9 Å². The molecule has 1 N–H and O–H groups in total. The molecule has 1 atom stereocenters. The Kier molecular flexibility index (Phi) is 6.98. The zero-order valence-corrected chi connectivity index (χ0v) is 24.4. The summed E-state index contributed by atoms with van der Waals surface area (Å²) in [6.07, 6.45) is 7.68. The number of carbonyl (C=O) groups is 2. The molecule has 1 saturated carbocycles. The van der Waals surface area contributed by atoms with Gasteiger partial charge in [0.15, 0.2) is 5.82 Å². The van der Waals surface area contributed by atoms with Crippen LogP contribution in [0.5, 0.6) is 5.75 Å². The first-order chi connectivity index (χ1) is 20.4. The normalized spacial score (nSPS) is 18.7. The molecule has 2 amide bonds. The molecule has 2 aromatic carbocycles. The highest BCUT2D eigenvalue weighted by molar-refractivity contribution is 6.00. The van der Waals surface area contributed by atoms with Crippen molar-refractivity contribution in [2.24, 2.45) is 5.92 Å². The lowest BCUT2D eigenvalue weighted by Gasteiger charge is -2.33. The minimum atomic E-state index is -0.118. The van der Waals surface area contributed by atoms with Crippen molar-refractivity contribution in [2.75, 3.05) is 40.3 Å². The van der Waals surface area contributed by atoms with Crippen LogP contribution < -0.4 is 10.1 Å². The van der Waals surface area contributed by atoms with Crippen LogP contribution in [0.1, 0.15) is 36.0 Å². The second-order valence-electron chi connectivity index (χ2n) is 12.2. The molecule has 1 aliphatic carbocycles. The van der Waals surface area contributed by atoms with Crippen molar-refractivity contribution >= 4 is 33.8 Å². The van der Waals surface area contributed by atoms with E-state index < -0.39 is 0 Å². The molecule has 0 spiro atoms. The Balaban J connectivity index is 1.17. The third-order valence-electron chi connectivity index (χ3n) is 8.60. The number of carbonyl (C=O) groups excluding carboxylic acids is 2. The average molecular weight is 567 g/mol. The molecule has 7 rings (SSSR count). The van der Waals surface area contributed by atoms with Gasteiger partial charge >= 0.3 is 0 Å². The van der Waals surface area contributed by atoms with E-state index >= 15 is 0 Å². The first kappa shape index (κ1) is 26.8. The monoisotopic (exact) mass is 566 g/mol. The summed E-state index contributed by atoms with van der Waals surface area (Å²) in [5, 5.41) is 4.29. The molecule has 9 nitrogen and oxygen atoms in total. The van der Waals surface area contributed by atoms with Crippen LogP contribution in [0.2, 0.25) is 0 Å². The third-order valence-corrected chi connectivity index (χ3v) is 8.60. The van der Waals surface area contributed by atoms with Crippen LogP contribution in [0, 0.1) is 5.92 Å². The van der Waals surface area contributed by atoms with Crippen LogP contribution in [0.15, 0.2) is 54.6 Å². The lowest BCUT2D eigenvalue weighted by molar-refractivity contribution is -0.117. The second-order valence-corrected chi connectivity index (χ2v) is 12.2. The van der Waals surface area contributed by atoms with Crippen LogP contribution in [0.3, 0.4) is 0 Å². The molecule has 2 fully saturated rings. The van der Waals surface area contributed by atoms with Crippen molar-refractivity contribution in [1.29, 1.82) is 0 Å². The number of likely N-dealkylation sites (N-methyl/N-ethyl adjacent to an activating group) is 1. The molecule has 2 aliphatic heterocycles. The van der Waals surface area contributed by atoms with E-state index in [1.54, 1.807) is 6.08 Å². The minimum absolute atomic E-state index is 0.0524. The number of imidazole rings is 1. The van der Waals surface area contributed by atoms with Gasteiger partial charge in [0.1, 0.15) is 17.9 Å². The summed E-state index contributed by atoms with van der Waals surface area (Å²) >= 11 is 0. The van der Waals surface area contributed by atoms with Gasteiger partial charge in [0, 0.05) is 54.8 Å². The molecule has 42 heavy (non-hydrogen) atoms. The van der Waals surface area contributed by atoms with Gasteiger partial charge in [-0.05, 0) is 70.0 Å². The van der Waals surface area contributed by atoms with E-state index in [4.69, 9.17) is 9.72 Å². The number of rotatable bonds is 8. The summed E-state index contributed by atoms with van der Waals surface area (Å²) in [6.45, 7) is 4.10. The molecule has 218 valence electrons. The van der Waals surface area contributed by atoms with E-state index in [-0.39, 0.29) is 17.9 Å². The number of benzene rings is 2. The van der Waals surface area contributed by atoms with Crippen molar-refractivity contribution in [3.8, 4) is 17.3 Å². The van der Waals surface area contributed by atoms with Gasteiger partial charge in [0.25, 0.3) is 5.91 Å². The summed E-state index contributed by atoms with van der Waals surface area (Å²) < 4.78 is 10.8.